The number of hydrogen-bond acceptors (Lipinski definition) is 3. The molecule has 16 heavy (non-hydrogen) atoms. The highest BCUT2D eigenvalue weighted by Crippen LogP contribution is 2.16. The summed E-state index contributed by atoms with van der Waals surface area (Å²) in [7, 11) is 0. The zero-order valence-corrected chi connectivity index (χ0v) is 10.4. The van der Waals surface area contributed by atoms with Crippen molar-refractivity contribution < 1.29 is 9.90 Å². The van der Waals surface area contributed by atoms with E-state index in [2.05, 4.69) is 10.3 Å². The van der Waals surface area contributed by atoms with Crippen LogP contribution in [0, 0.1) is 0 Å². The van der Waals surface area contributed by atoms with Crippen molar-refractivity contribution in [2.75, 3.05) is 6.54 Å². The van der Waals surface area contributed by atoms with Gasteiger partial charge in [0.15, 0.2) is 0 Å². The Hall–Kier alpha value is -0.840. The number of nitrogens with one attached hydrogen (secondary N) is 1. The van der Waals surface area contributed by atoms with Gasteiger partial charge in [-0.15, -0.1) is 0 Å². The lowest BCUT2D eigenvalue weighted by atomic mass is 10.1. The number of pyridine rings is 1. The molecule has 6 heteroatoms. The van der Waals surface area contributed by atoms with Crippen LogP contribution in [0.1, 0.15) is 24.2 Å². The van der Waals surface area contributed by atoms with Gasteiger partial charge in [0.1, 0.15) is 10.3 Å². The molecule has 0 bridgehead atoms. The molecule has 1 amide bonds. The van der Waals surface area contributed by atoms with Gasteiger partial charge in [-0.05, 0) is 26.0 Å². The molecule has 0 aliphatic carbocycles. The maximum absolute atomic E-state index is 11.6. The molecule has 0 atom stereocenters. The minimum Gasteiger partial charge on any atom is -0.389 e. The van der Waals surface area contributed by atoms with E-state index in [4.69, 9.17) is 23.2 Å². The molecule has 0 aromatic carbocycles. The Morgan fingerprint density at radius 3 is 2.62 bits per heavy atom. The summed E-state index contributed by atoms with van der Waals surface area (Å²) in [5.41, 5.74) is -0.738. The van der Waals surface area contributed by atoms with Crippen molar-refractivity contribution in [1.29, 1.82) is 0 Å². The lowest BCUT2D eigenvalue weighted by Crippen LogP contribution is -2.38. The van der Waals surface area contributed by atoms with Gasteiger partial charge in [-0.25, -0.2) is 4.98 Å². The molecular weight excluding hydrogens is 251 g/mol. The Labute approximate surface area is 104 Å². The number of rotatable bonds is 3. The van der Waals surface area contributed by atoms with Gasteiger partial charge >= 0.3 is 0 Å². The number of carbonyl (C=O) groups is 1. The lowest BCUT2D eigenvalue weighted by Gasteiger charge is -2.17. The van der Waals surface area contributed by atoms with Gasteiger partial charge in [0.25, 0.3) is 5.91 Å². The van der Waals surface area contributed by atoms with E-state index in [1.807, 2.05) is 0 Å². The van der Waals surface area contributed by atoms with Crippen LogP contribution in [-0.4, -0.2) is 28.1 Å². The lowest BCUT2D eigenvalue weighted by molar-refractivity contribution is 0.0694. The van der Waals surface area contributed by atoms with Gasteiger partial charge in [-0.3, -0.25) is 4.79 Å². The van der Waals surface area contributed by atoms with Gasteiger partial charge in [-0.2, -0.15) is 0 Å². The predicted molar refractivity (Wildman–Crippen MR) is 62.9 cm³/mol. The molecule has 0 fully saturated rings. The number of aromatic nitrogens is 1. The van der Waals surface area contributed by atoms with E-state index in [-0.39, 0.29) is 22.4 Å². The second kappa shape index (κ2) is 4.99. The summed E-state index contributed by atoms with van der Waals surface area (Å²) in [6, 6.07) is 2.96. The average Bonchev–Trinajstić information content (AvgIpc) is 2.13. The van der Waals surface area contributed by atoms with E-state index in [9.17, 15) is 9.90 Å². The van der Waals surface area contributed by atoms with Crippen molar-refractivity contribution in [3.05, 3.63) is 28.0 Å². The fourth-order valence-electron chi connectivity index (χ4n) is 0.973. The van der Waals surface area contributed by atoms with Crippen LogP contribution in [0.15, 0.2) is 12.1 Å². The molecule has 0 saturated carbocycles. The molecule has 1 heterocycles. The fraction of sp³-hybridized carbons (Fsp3) is 0.400. The standard InChI is InChI=1S/C10H12Cl2N2O2/c1-10(2,16)5-13-9(15)6-3-4-7(11)14-8(6)12/h3-4,16H,5H2,1-2H3,(H,13,15). The smallest absolute Gasteiger partial charge is 0.254 e. The Balaban J connectivity index is 2.74. The van der Waals surface area contributed by atoms with Crippen molar-refractivity contribution in [3.63, 3.8) is 0 Å². The highest BCUT2D eigenvalue weighted by molar-refractivity contribution is 6.34. The summed E-state index contributed by atoms with van der Waals surface area (Å²) in [6.45, 7) is 3.31. The van der Waals surface area contributed by atoms with Gasteiger partial charge < -0.3 is 10.4 Å². The minimum absolute atomic E-state index is 0.0424. The molecule has 0 saturated heterocycles. The first-order valence-corrected chi connectivity index (χ1v) is 5.38. The largest absolute Gasteiger partial charge is 0.389 e. The fourth-order valence-corrected chi connectivity index (χ4v) is 1.40. The first-order valence-electron chi connectivity index (χ1n) is 4.62. The third kappa shape index (κ3) is 3.96. The number of carbonyl (C=O) groups excluding carboxylic acids is 1. The Bertz CT molecular complexity index is 402. The van der Waals surface area contributed by atoms with Crippen LogP contribution in [-0.2, 0) is 0 Å². The van der Waals surface area contributed by atoms with E-state index < -0.39 is 11.5 Å². The molecule has 0 aliphatic heterocycles. The highest BCUT2D eigenvalue weighted by Gasteiger charge is 2.16. The molecule has 0 aliphatic rings. The molecule has 0 spiro atoms. The van der Waals surface area contributed by atoms with Crippen LogP contribution in [0.2, 0.25) is 10.3 Å². The predicted octanol–water partition coefficient (Wildman–Crippen LogP) is 1.89. The summed E-state index contributed by atoms with van der Waals surface area (Å²) in [5.74, 6) is -0.392. The second-order valence-electron chi connectivity index (χ2n) is 3.97. The molecule has 0 unspecified atom stereocenters. The minimum atomic E-state index is -0.970. The molecule has 4 nitrogen and oxygen atoms in total. The summed E-state index contributed by atoms with van der Waals surface area (Å²) in [6.07, 6.45) is 0. The summed E-state index contributed by atoms with van der Waals surface area (Å²) in [4.78, 5) is 15.4. The molecule has 1 aromatic rings. The second-order valence-corrected chi connectivity index (χ2v) is 4.71. The maximum atomic E-state index is 11.6. The van der Waals surface area contributed by atoms with E-state index in [0.717, 1.165) is 0 Å². The monoisotopic (exact) mass is 262 g/mol. The number of halogens is 2. The number of hydrogen-bond donors (Lipinski definition) is 2. The van der Waals surface area contributed by atoms with Gasteiger partial charge in [-0.1, -0.05) is 23.2 Å². The van der Waals surface area contributed by atoms with Crippen LogP contribution in [0.4, 0.5) is 0 Å². The van der Waals surface area contributed by atoms with Crippen molar-refractivity contribution in [3.8, 4) is 0 Å². The summed E-state index contributed by atoms with van der Waals surface area (Å²) >= 11 is 11.4. The van der Waals surface area contributed by atoms with Crippen LogP contribution < -0.4 is 5.32 Å². The van der Waals surface area contributed by atoms with Crippen LogP contribution in [0.25, 0.3) is 0 Å². The van der Waals surface area contributed by atoms with E-state index in [1.54, 1.807) is 13.8 Å². The topological polar surface area (TPSA) is 62.2 Å². The number of nitrogens with zero attached hydrogens (tertiary/aromatic N) is 1. The molecular formula is C10H12Cl2N2O2. The zero-order valence-electron chi connectivity index (χ0n) is 8.92. The van der Waals surface area contributed by atoms with Crippen molar-refractivity contribution in [2.24, 2.45) is 0 Å². The first-order chi connectivity index (χ1) is 7.29. The maximum Gasteiger partial charge on any atom is 0.254 e. The van der Waals surface area contributed by atoms with Crippen LogP contribution >= 0.6 is 23.2 Å². The summed E-state index contributed by atoms with van der Waals surface area (Å²) in [5, 5.41) is 12.3. The SMILES string of the molecule is CC(C)(O)CNC(=O)c1ccc(Cl)nc1Cl. The summed E-state index contributed by atoms with van der Waals surface area (Å²) < 4.78 is 0. The Morgan fingerprint density at radius 1 is 1.50 bits per heavy atom. The Morgan fingerprint density at radius 2 is 2.12 bits per heavy atom. The van der Waals surface area contributed by atoms with Gasteiger partial charge in [0.05, 0.1) is 11.2 Å². The zero-order chi connectivity index (χ0) is 12.3. The van der Waals surface area contributed by atoms with Crippen LogP contribution in [0.3, 0.4) is 0 Å². The number of amides is 1. The third-order valence-electron chi connectivity index (χ3n) is 1.74. The van der Waals surface area contributed by atoms with Crippen LogP contribution in [0.5, 0.6) is 0 Å². The molecule has 88 valence electrons. The van der Waals surface area contributed by atoms with Crippen molar-refractivity contribution in [1.82, 2.24) is 10.3 Å². The quantitative estimate of drug-likeness (QED) is 0.818. The normalized spacial score (nSPS) is 11.3. The molecule has 1 rings (SSSR count). The average molecular weight is 263 g/mol. The first kappa shape index (κ1) is 13.2. The Kier molecular flexibility index (Phi) is 4.13. The third-order valence-corrected chi connectivity index (χ3v) is 2.24. The molecule has 0 radical (unpaired) electrons. The van der Waals surface area contributed by atoms with Crippen molar-refractivity contribution >= 4 is 29.1 Å². The highest BCUT2D eigenvalue weighted by atomic mass is 35.5. The number of aliphatic hydroxyl groups is 1. The van der Waals surface area contributed by atoms with E-state index in [0.29, 0.717) is 0 Å². The van der Waals surface area contributed by atoms with Crippen molar-refractivity contribution in [2.45, 2.75) is 19.4 Å². The molecule has 1 aromatic heterocycles. The molecule has 2 N–H and O–H groups in total. The van der Waals surface area contributed by atoms with E-state index in [1.165, 1.54) is 12.1 Å². The van der Waals surface area contributed by atoms with Gasteiger partial charge in [0, 0.05) is 6.54 Å². The van der Waals surface area contributed by atoms with Gasteiger partial charge in [0.2, 0.25) is 0 Å². The van der Waals surface area contributed by atoms with E-state index >= 15 is 0 Å².